The minimum atomic E-state index is -0.196. The minimum Gasteiger partial charge on any atom is -0.397 e. The Morgan fingerprint density at radius 1 is 1.05 bits per heavy atom. The van der Waals surface area contributed by atoms with Gasteiger partial charge < -0.3 is 4.18 Å². The second-order valence-corrected chi connectivity index (χ2v) is 4.07. The van der Waals surface area contributed by atoms with Crippen LogP contribution in [0.1, 0.15) is 15.9 Å². The van der Waals surface area contributed by atoms with E-state index in [0.29, 0.717) is 11.3 Å². The van der Waals surface area contributed by atoms with Gasteiger partial charge in [0.15, 0.2) is 5.78 Å². The Labute approximate surface area is 115 Å². The molecule has 0 aliphatic heterocycles. The largest absolute Gasteiger partial charge is 0.397 e. The number of halogens is 1. The molecule has 0 bridgehead atoms. The van der Waals surface area contributed by atoms with E-state index in [9.17, 15) is 8.68 Å². The molecule has 0 aliphatic rings. The van der Waals surface area contributed by atoms with Crippen molar-refractivity contribution in [2.75, 3.05) is 0 Å². The van der Waals surface area contributed by atoms with E-state index in [2.05, 4.69) is 4.18 Å². The van der Waals surface area contributed by atoms with Crippen molar-refractivity contribution in [3.8, 4) is 5.75 Å². The monoisotopic (exact) mass is 274 g/mol. The molecule has 2 aromatic rings. The fourth-order valence-corrected chi connectivity index (χ4v) is 1.73. The summed E-state index contributed by atoms with van der Waals surface area (Å²) in [4.78, 5) is 11.8. The highest BCUT2D eigenvalue weighted by Crippen LogP contribution is 2.18. The van der Waals surface area contributed by atoms with Gasteiger partial charge in [-0.15, -0.1) is 3.89 Å². The molecule has 4 heteroatoms. The number of hydrogen-bond acceptors (Lipinski definition) is 3. The molecule has 96 valence electrons. The summed E-state index contributed by atoms with van der Waals surface area (Å²) in [5, 5.41) is 0. The average Bonchev–Trinajstić information content (AvgIpc) is 2.47. The van der Waals surface area contributed by atoms with E-state index in [1.807, 2.05) is 18.2 Å². The Morgan fingerprint density at radius 2 is 1.74 bits per heavy atom. The highest BCUT2D eigenvalue weighted by atomic mass is 32.2. The van der Waals surface area contributed by atoms with Crippen LogP contribution in [-0.2, 0) is 0 Å². The van der Waals surface area contributed by atoms with Gasteiger partial charge in [-0.1, -0.05) is 48.5 Å². The molecular weight excluding hydrogens is 263 g/mol. The van der Waals surface area contributed by atoms with Gasteiger partial charge in [0.05, 0.1) is 0 Å². The van der Waals surface area contributed by atoms with Crippen LogP contribution in [0.15, 0.2) is 60.7 Å². The molecule has 19 heavy (non-hydrogen) atoms. The maximum atomic E-state index is 11.9. The van der Waals surface area contributed by atoms with Gasteiger partial charge in [-0.05, 0) is 23.8 Å². The summed E-state index contributed by atoms with van der Waals surface area (Å²) in [5.74, 6) is 0.374. The van der Waals surface area contributed by atoms with Crippen molar-refractivity contribution in [1.82, 2.24) is 0 Å². The molecule has 0 aliphatic carbocycles. The molecule has 2 aromatic carbocycles. The van der Waals surface area contributed by atoms with Crippen molar-refractivity contribution in [2.45, 2.75) is 0 Å². The van der Waals surface area contributed by atoms with Gasteiger partial charge in [-0.2, -0.15) is 0 Å². The molecule has 2 rings (SSSR count). The second kappa shape index (κ2) is 6.75. The Kier molecular flexibility index (Phi) is 4.75. The van der Waals surface area contributed by atoms with Crippen LogP contribution in [0.25, 0.3) is 6.08 Å². The van der Waals surface area contributed by atoms with Crippen molar-refractivity contribution in [2.24, 2.45) is 0 Å². The van der Waals surface area contributed by atoms with Crippen molar-refractivity contribution in [1.29, 1.82) is 0 Å². The molecule has 0 N–H and O–H groups in total. The third-order valence-corrected chi connectivity index (χ3v) is 2.75. The number of benzene rings is 2. The topological polar surface area (TPSA) is 26.3 Å². The van der Waals surface area contributed by atoms with E-state index in [1.54, 1.807) is 42.5 Å². The molecule has 0 fully saturated rings. The molecule has 0 radical (unpaired) electrons. The van der Waals surface area contributed by atoms with Gasteiger partial charge in [0.2, 0.25) is 0 Å². The fourth-order valence-electron chi connectivity index (χ4n) is 1.54. The summed E-state index contributed by atoms with van der Waals surface area (Å²) in [7, 11) is 0. The number of ketones is 1. The zero-order valence-electron chi connectivity index (χ0n) is 9.95. The Bertz CT molecular complexity index is 564. The predicted molar refractivity (Wildman–Crippen MR) is 75.6 cm³/mol. The Morgan fingerprint density at radius 3 is 2.37 bits per heavy atom. The van der Waals surface area contributed by atoms with E-state index >= 15 is 0 Å². The van der Waals surface area contributed by atoms with E-state index in [1.165, 1.54) is 6.08 Å². The first-order valence-corrected chi connectivity index (χ1v) is 6.26. The SMILES string of the molecule is O=C(/C=C/c1ccc(OSF)cc1)c1ccccc1. The van der Waals surface area contributed by atoms with E-state index in [4.69, 9.17) is 0 Å². The standard InChI is InChI=1S/C15H11FO2S/c16-19-18-14-9-6-12(7-10-14)8-11-15(17)13-4-2-1-3-5-13/h1-11H/b11-8+. The summed E-state index contributed by atoms with van der Waals surface area (Å²) in [6.07, 6.45) is 3.22. The molecule has 0 unspecified atom stereocenters. The first kappa shape index (κ1) is 13.4. The van der Waals surface area contributed by atoms with Crippen LogP contribution in [0.5, 0.6) is 5.75 Å². The molecule has 2 nitrogen and oxygen atoms in total. The molecule has 0 atom stereocenters. The summed E-state index contributed by atoms with van der Waals surface area (Å²) in [6.45, 7) is 0. The van der Waals surface area contributed by atoms with Crippen LogP contribution >= 0.6 is 12.4 Å². The predicted octanol–water partition coefficient (Wildman–Crippen LogP) is 4.49. The molecular formula is C15H11FO2S. The quantitative estimate of drug-likeness (QED) is 0.456. The van der Waals surface area contributed by atoms with E-state index in [-0.39, 0.29) is 18.2 Å². The van der Waals surface area contributed by atoms with Gasteiger partial charge >= 0.3 is 0 Å². The molecule has 0 saturated carbocycles. The third-order valence-electron chi connectivity index (χ3n) is 2.49. The Balaban J connectivity index is 2.04. The maximum Gasteiger partial charge on any atom is 0.272 e. The zero-order valence-corrected chi connectivity index (χ0v) is 10.8. The summed E-state index contributed by atoms with van der Waals surface area (Å²) in [5.41, 5.74) is 1.49. The zero-order chi connectivity index (χ0) is 13.5. The lowest BCUT2D eigenvalue weighted by Crippen LogP contribution is -1.92. The molecule has 0 heterocycles. The lowest BCUT2D eigenvalue weighted by atomic mass is 10.1. The first-order chi connectivity index (χ1) is 9.29. The molecule has 0 spiro atoms. The van der Waals surface area contributed by atoms with Crippen molar-refractivity contribution >= 4 is 24.3 Å². The average molecular weight is 274 g/mol. The molecule has 0 saturated heterocycles. The maximum absolute atomic E-state index is 11.9. The number of allylic oxidation sites excluding steroid dienone is 1. The summed E-state index contributed by atoms with van der Waals surface area (Å²) >= 11 is -0.196. The van der Waals surface area contributed by atoms with Gasteiger partial charge in [-0.25, -0.2) is 0 Å². The number of rotatable bonds is 5. The van der Waals surface area contributed by atoms with Crippen LogP contribution in [0.3, 0.4) is 0 Å². The van der Waals surface area contributed by atoms with Gasteiger partial charge in [0, 0.05) is 5.56 Å². The fraction of sp³-hybridized carbons (Fsp3) is 0. The summed E-state index contributed by atoms with van der Waals surface area (Å²) in [6, 6.07) is 15.8. The van der Waals surface area contributed by atoms with Gasteiger partial charge in [0.25, 0.3) is 12.4 Å². The highest BCUT2D eigenvalue weighted by Gasteiger charge is 1.99. The van der Waals surface area contributed by atoms with Crippen LogP contribution in [0, 0.1) is 0 Å². The van der Waals surface area contributed by atoms with E-state index < -0.39 is 0 Å². The Hall–Kier alpha value is -2.07. The van der Waals surface area contributed by atoms with Gasteiger partial charge in [-0.3, -0.25) is 4.79 Å². The van der Waals surface area contributed by atoms with Gasteiger partial charge in [0.1, 0.15) is 5.75 Å². The van der Waals surface area contributed by atoms with Crippen LogP contribution in [0.4, 0.5) is 3.89 Å². The number of hydrogen-bond donors (Lipinski definition) is 0. The lowest BCUT2D eigenvalue weighted by molar-refractivity contribution is 0.104. The van der Waals surface area contributed by atoms with Crippen molar-refractivity contribution < 1.29 is 12.9 Å². The first-order valence-electron chi connectivity index (χ1n) is 5.62. The molecule has 0 amide bonds. The third kappa shape index (κ3) is 3.96. The van der Waals surface area contributed by atoms with Crippen LogP contribution in [0.2, 0.25) is 0 Å². The minimum absolute atomic E-state index is 0.0553. The summed E-state index contributed by atoms with van der Waals surface area (Å²) < 4.78 is 16.5. The van der Waals surface area contributed by atoms with Crippen LogP contribution < -0.4 is 4.18 Å². The number of carbonyl (C=O) groups is 1. The smallest absolute Gasteiger partial charge is 0.272 e. The van der Waals surface area contributed by atoms with Crippen molar-refractivity contribution in [3.05, 3.63) is 71.8 Å². The lowest BCUT2D eigenvalue weighted by Gasteiger charge is -1.98. The normalized spacial score (nSPS) is 10.6. The molecule has 0 aromatic heterocycles. The highest BCUT2D eigenvalue weighted by molar-refractivity contribution is 7.89. The number of carbonyl (C=O) groups excluding carboxylic acids is 1. The van der Waals surface area contributed by atoms with E-state index in [0.717, 1.165) is 5.56 Å². The van der Waals surface area contributed by atoms with Crippen LogP contribution in [-0.4, -0.2) is 5.78 Å². The van der Waals surface area contributed by atoms with Crippen molar-refractivity contribution in [3.63, 3.8) is 0 Å². The second-order valence-electron chi connectivity index (χ2n) is 3.78.